The zero-order valence-corrected chi connectivity index (χ0v) is 12.6. The Bertz CT molecular complexity index is 653. The topological polar surface area (TPSA) is 55.4 Å². The van der Waals surface area contributed by atoms with E-state index < -0.39 is 5.97 Å². The minimum atomic E-state index is -0.422. The first-order valence-electron chi connectivity index (χ1n) is 6.28. The van der Waals surface area contributed by atoms with Crippen LogP contribution >= 0.6 is 11.8 Å². The van der Waals surface area contributed by atoms with Crippen LogP contribution in [0.1, 0.15) is 20.7 Å². The fraction of sp³-hybridized carbons (Fsp3) is 0.125. The summed E-state index contributed by atoms with van der Waals surface area (Å²) in [5, 5.41) is 2.86. The maximum Gasteiger partial charge on any atom is 0.337 e. The van der Waals surface area contributed by atoms with E-state index in [4.69, 9.17) is 0 Å². The fourth-order valence-corrected chi connectivity index (χ4v) is 2.37. The van der Waals surface area contributed by atoms with Crippen molar-refractivity contribution in [1.82, 2.24) is 0 Å². The molecule has 0 fully saturated rings. The highest BCUT2D eigenvalue weighted by atomic mass is 32.2. The van der Waals surface area contributed by atoms with Crippen molar-refractivity contribution in [3.05, 3.63) is 59.7 Å². The number of benzene rings is 2. The molecule has 1 N–H and O–H groups in total. The Balaban J connectivity index is 2.15. The van der Waals surface area contributed by atoms with Gasteiger partial charge in [0.05, 0.1) is 18.4 Å². The van der Waals surface area contributed by atoms with E-state index >= 15 is 0 Å². The summed E-state index contributed by atoms with van der Waals surface area (Å²) in [6, 6.07) is 13.9. The molecule has 0 aromatic heterocycles. The van der Waals surface area contributed by atoms with Gasteiger partial charge in [-0.1, -0.05) is 12.1 Å². The number of carbonyl (C=O) groups is 2. The molecule has 0 atom stereocenters. The number of esters is 1. The van der Waals surface area contributed by atoms with Crippen molar-refractivity contribution in [3.63, 3.8) is 0 Å². The Morgan fingerprint density at radius 1 is 1.00 bits per heavy atom. The van der Waals surface area contributed by atoms with Crippen LogP contribution in [0.5, 0.6) is 0 Å². The predicted octanol–water partition coefficient (Wildman–Crippen LogP) is 3.45. The molecule has 0 radical (unpaired) electrons. The first kappa shape index (κ1) is 15.1. The summed E-state index contributed by atoms with van der Waals surface area (Å²) in [6.45, 7) is 0. The van der Waals surface area contributed by atoms with Gasteiger partial charge in [0.1, 0.15) is 0 Å². The largest absolute Gasteiger partial charge is 0.465 e. The number of thioether (sulfide) groups is 1. The molecule has 1 amide bonds. The van der Waals surface area contributed by atoms with Gasteiger partial charge >= 0.3 is 5.97 Å². The van der Waals surface area contributed by atoms with E-state index in [1.54, 1.807) is 36.0 Å². The van der Waals surface area contributed by atoms with Crippen LogP contribution in [-0.2, 0) is 4.74 Å². The van der Waals surface area contributed by atoms with Crippen molar-refractivity contribution >= 4 is 29.3 Å². The van der Waals surface area contributed by atoms with Gasteiger partial charge in [-0.05, 0) is 42.7 Å². The highest BCUT2D eigenvalue weighted by molar-refractivity contribution is 7.98. The molecule has 0 aliphatic rings. The molecule has 0 spiro atoms. The van der Waals surface area contributed by atoms with Crippen LogP contribution in [0.15, 0.2) is 53.4 Å². The first-order chi connectivity index (χ1) is 10.2. The normalized spacial score (nSPS) is 10.0. The standard InChI is InChI=1S/C16H15NO3S/c1-20-16(19)12-9-7-11(8-10-12)15(18)17-13-5-3-4-6-14(13)21-2/h3-10H,1-2H3,(H,17,18). The summed E-state index contributed by atoms with van der Waals surface area (Å²) in [5.74, 6) is -0.636. The van der Waals surface area contributed by atoms with Crippen molar-refractivity contribution in [1.29, 1.82) is 0 Å². The lowest BCUT2D eigenvalue weighted by Gasteiger charge is -2.09. The number of nitrogens with one attached hydrogen (secondary N) is 1. The van der Waals surface area contributed by atoms with Crippen LogP contribution in [0.2, 0.25) is 0 Å². The quantitative estimate of drug-likeness (QED) is 0.694. The van der Waals surface area contributed by atoms with Gasteiger partial charge in [0, 0.05) is 10.5 Å². The van der Waals surface area contributed by atoms with Crippen LogP contribution in [0.25, 0.3) is 0 Å². The zero-order chi connectivity index (χ0) is 15.2. The lowest BCUT2D eigenvalue weighted by molar-refractivity contribution is 0.0600. The van der Waals surface area contributed by atoms with E-state index in [-0.39, 0.29) is 5.91 Å². The summed E-state index contributed by atoms with van der Waals surface area (Å²) in [4.78, 5) is 24.5. The molecule has 5 heteroatoms. The molecule has 0 aliphatic carbocycles. The average Bonchev–Trinajstić information content (AvgIpc) is 2.54. The van der Waals surface area contributed by atoms with Crippen molar-refractivity contribution in [3.8, 4) is 0 Å². The van der Waals surface area contributed by atoms with E-state index in [1.165, 1.54) is 7.11 Å². The maximum atomic E-state index is 12.2. The number of hydrogen-bond acceptors (Lipinski definition) is 4. The lowest BCUT2D eigenvalue weighted by atomic mass is 10.1. The Kier molecular flexibility index (Phi) is 5.00. The minimum Gasteiger partial charge on any atom is -0.465 e. The van der Waals surface area contributed by atoms with E-state index in [0.717, 1.165) is 10.6 Å². The van der Waals surface area contributed by atoms with Gasteiger partial charge in [0.2, 0.25) is 0 Å². The Morgan fingerprint density at radius 2 is 1.62 bits per heavy atom. The van der Waals surface area contributed by atoms with Gasteiger partial charge in [-0.2, -0.15) is 0 Å². The van der Waals surface area contributed by atoms with E-state index in [1.807, 2.05) is 30.5 Å². The summed E-state index contributed by atoms with van der Waals surface area (Å²) >= 11 is 1.57. The van der Waals surface area contributed by atoms with E-state index in [2.05, 4.69) is 10.1 Å². The molecule has 21 heavy (non-hydrogen) atoms. The molecule has 108 valence electrons. The fourth-order valence-electron chi connectivity index (χ4n) is 1.82. The van der Waals surface area contributed by atoms with E-state index in [0.29, 0.717) is 11.1 Å². The SMILES string of the molecule is COC(=O)c1ccc(C(=O)Nc2ccccc2SC)cc1. The van der Waals surface area contributed by atoms with Gasteiger partial charge in [-0.15, -0.1) is 11.8 Å². The molecule has 2 aromatic rings. The molecule has 0 aliphatic heterocycles. The number of amides is 1. The molecule has 2 aromatic carbocycles. The van der Waals surface area contributed by atoms with Crippen molar-refractivity contribution in [2.24, 2.45) is 0 Å². The molecule has 0 saturated heterocycles. The molecule has 2 rings (SSSR count). The number of carbonyl (C=O) groups excluding carboxylic acids is 2. The van der Waals surface area contributed by atoms with Crippen LogP contribution < -0.4 is 5.32 Å². The van der Waals surface area contributed by atoms with Crippen LogP contribution in [0.3, 0.4) is 0 Å². The van der Waals surface area contributed by atoms with Crippen LogP contribution in [0.4, 0.5) is 5.69 Å². The van der Waals surface area contributed by atoms with Gasteiger partial charge in [-0.25, -0.2) is 4.79 Å². The first-order valence-corrected chi connectivity index (χ1v) is 7.51. The molecule has 0 heterocycles. The van der Waals surface area contributed by atoms with Gasteiger partial charge in [0.15, 0.2) is 0 Å². The predicted molar refractivity (Wildman–Crippen MR) is 84.0 cm³/mol. The van der Waals surface area contributed by atoms with Crippen LogP contribution in [-0.4, -0.2) is 25.2 Å². The van der Waals surface area contributed by atoms with Crippen molar-refractivity contribution in [2.45, 2.75) is 4.90 Å². The zero-order valence-electron chi connectivity index (χ0n) is 11.8. The third kappa shape index (κ3) is 3.64. The summed E-state index contributed by atoms with van der Waals surface area (Å²) < 4.78 is 4.62. The number of ether oxygens (including phenoxy) is 1. The van der Waals surface area contributed by atoms with Gasteiger partial charge < -0.3 is 10.1 Å². The lowest BCUT2D eigenvalue weighted by Crippen LogP contribution is -2.13. The number of rotatable bonds is 4. The highest BCUT2D eigenvalue weighted by Gasteiger charge is 2.10. The Morgan fingerprint density at radius 3 is 2.24 bits per heavy atom. The second kappa shape index (κ2) is 6.95. The molecular formula is C16H15NO3S. The number of methoxy groups -OCH3 is 1. The maximum absolute atomic E-state index is 12.2. The third-order valence-corrected chi connectivity index (χ3v) is 3.72. The number of hydrogen-bond donors (Lipinski definition) is 1. The summed E-state index contributed by atoms with van der Waals surface area (Å²) in [6.07, 6.45) is 1.95. The number of anilines is 1. The molecule has 0 bridgehead atoms. The monoisotopic (exact) mass is 301 g/mol. The Hall–Kier alpha value is -2.27. The average molecular weight is 301 g/mol. The second-order valence-electron chi connectivity index (χ2n) is 4.22. The summed E-state index contributed by atoms with van der Waals surface area (Å²) in [7, 11) is 1.32. The molecule has 0 unspecified atom stereocenters. The minimum absolute atomic E-state index is 0.215. The summed E-state index contributed by atoms with van der Waals surface area (Å²) in [5.41, 5.74) is 1.67. The van der Waals surface area contributed by atoms with Crippen molar-refractivity contribution < 1.29 is 14.3 Å². The highest BCUT2D eigenvalue weighted by Crippen LogP contribution is 2.25. The number of para-hydroxylation sites is 1. The van der Waals surface area contributed by atoms with Crippen LogP contribution in [0, 0.1) is 0 Å². The molecule has 0 saturated carbocycles. The van der Waals surface area contributed by atoms with Crippen molar-refractivity contribution in [2.75, 3.05) is 18.7 Å². The van der Waals surface area contributed by atoms with Gasteiger partial charge in [-0.3, -0.25) is 4.79 Å². The Labute approximate surface area is 127 Å². The molecule has 4 nitrogen and oxygen atoms in total. The molecular weight excluding hydrogens is 286 g/mol. The van der Waals surface area contributed by atoms with E-state index in [9.17, 15) is 9.59 Å². The van der Waals surface area contributed by atoms with Gasteiger partial charge in [0.25, 0.3) is 5.91 Å². The smallest absolute Gasteiger partial charge is 0.337 e. The third-order valence-electron chi connectivity index (χ3n) is 2.92. The second-order valence-corrected chi connectivity index (χ2v) is 5.07.